The molecular formula is C20H26N2O2. The van der Waals surface area contributed by atoms with Gasteiger partial charge in [0, 0.05) is 19.1 Å². The van der Waals surface area contributed by atoms with Gasteiger partial charge < -0.3 is 15.4 Å². The van der Waals surface area contributed by atoms with Gasteiger partial charge in [-0.25, -0.2) is 0 Å². The van der Waals surface area contributed by atoms with Crippen LogP contribution in [0.5, 0.6) is 5.75 Å². The molecule has 2 aromatic rings. The topological polar surface area (TPSA) is 50.4 Å². The highest BCUT2D eigenvalue weighted by Crippen LogP contribution is 2.18. The van der Waals surface area contributed by atoms with Crippen molar-refractivity contribution in [3.63, 3.8) is 0 Å². The number of likely N-dealkylation sites (N-methyl/N-ethyl adjacent to an activating group) is 1. The van der Waals surface area contributed by atoms with E-state index in [9.17, 15) is 4.79 Å². The van der Waals surface area contributed by atoms with Crippen molar-refractivity contribution in [2.45, 2.75) is 33.4 Å². The van der Waals surface area contributed by atoms with Gasteiger partial charge in [0.25, 0.3) is 5.91 Å². The van der Waals surface area contributed by atoms with E-state index < -0.39 is 0 Å². The van der Waals surface area contributed by atoms with Crippen LogP contribution >= 0.6 is 0 Å². The van der Waals surface area contributed by atoms with Crippen LogP contribution in [0.15, 0.2) is 48.5 Å². The maximum atomic E-state index is 11.4. The van der Waals surface area contributed by atoms with Gasteiger partial charge in [0.2, 0.25) is 0 Å². The molecule has 2 N–H and O–H groups in total. The molecule has 2 rings (SSSR count). The third kappa shape index (κ3) is 5.39. The molecule has 4 nitrogen and oxygen atoms in total. The Balaban J connectivity index is 1.83. The lowest BCUT2D eigenvalue weighted by atomic mass is 10.0. The molecule has 0 spiro atoms. The average molecular weight is 326 g/mol. The van der Waals surface area contributed by atoms with Crippen molar-refractivity contribution >= 4 is 5.91 Å². The van der Waals surface area contributed by atoms with Gasteiger partial charge in [-0.1, -0.05) is 36.4 Å². The number of benzene rings is 2. The maximum absolute atomic E-state index is 11.4. The van der Waals surface area contributed by atoms with E-state index >= 15 is 0 Å². The smallest absolute Gasteiger partial charge is 0.257 e. The minimum absolute atomic E-state index is 0.0513. The van der Waals surface area contributed by atoms with Crippen LogP contribution in [0.2, 0.25) is 0 Å². The molecule has 0 fully saturated rings. The third-order valence-corrected chi connectivity index (χ3v) is 3.93. The molecule has 0 aromatic heterocycles. The molecule has 2 aromatic carbocycles. The second-order valence-corrected chi connectivity index (χ2v) is 5.85. The van der Waals surface area contributed by atoms with E-state index in [1.165, 1.54) is 16.7 Å². The molecule has 0 aliphatic rings. The van der Waals surface area contributed by atoms with E-state index in [0.717, 1.165) is 6.54 Å². The Morgan fingerprint density at radius 2 is 1.83 bits per heavy atom. The number of nitrogens with one attached hydrogen (secondary N) is 2. The summed E-state index contributed by atoms with van der Waals surface area (Å²) >= 11 is 0. The highest BCUT2D eigenvalue weighted by molar-refractivity contribution is 5.77. The summed E-state index contributed by atoms with van der Waals surface area (Å²) in [6.45, 7) is 7.64. The Bertz CT molecular complexity index is 653. The van der Waals surface area contributed by atoms with Crippen LogP contribution < -0.4 is 15.4 Å². The largest absolute Gasteiger partial charge is 0.484 e. The number of amides is 1. The lowest BCUT2D eigenvalue weighted by Gasteiger charge is -2.16. The first-order valence-corrected chi connectivity index (χ1v) is 8.37. The molecule has 0 bridgehead atoms. The van der Waals surface area contributed by atoms with Gasteiger partial charge in [-0.3, -0.25) is 4.79 Å². The monoisotopic (exact) mass is 326 g/mol. The molecule has 24 heavy (non-hydrogen) atoms. The van der Waals surface area contributed by atoms with Crippen molar-refractivity contribution in [3.8, 4) is 5.75 Å². The molecule has 0 aliphatic heterocycles. The second-order valence-electron chi connectivity index (χ2n) is 5.85. The standard InChI is InChI=1S/C20H26N2O2/c1-4-21-20(23)14-24-18-11-9-17(10-12-18)13-22-16(3)19-8-6-5-7-15(19)2/h5-12,16,22H,4,13-14H2,1-3H3,(H,21,23)/t16-/m0/s1. The van der Waals surface area contributed by atoms with Gasteiger partial charge in [0.05, 0.1) is 0 Å². The maximum Gasteiger partial charge on any atom is 0.257 e. The zero-order valence-electron chi connectivity index (χ0n) is 14.6. The van der Waals surface area contributed by atoms with E-state index in [1.807, 2.05) is 31.2 Å². The molecule has 0 aliphatic carbocycles. The zero-order valence-corrected chi connectivity index (χ0v) is 14.6. The van der Waals surface area contributed by atoms with E-state index in [4.69, 9.17) is 4.74 Å². The SMILES string of the molecule is CCNC(=O)COc1ccc(CN[C@@H](C)c2ccccc2C)cc1. The second kappa shape index (κ2) is 9.08. The van der Waals surface area contributed by atoms with Gasteiger partial charge in [0.15, 0.2) is 6.61 Å². The Kier molecular flexibility index (Phi) is 6.82. The minimum atomic E-state index is -0.102. The summed E-state index contributed by atoms with van der Waals surface area (Å²) in [5.74, 6) is 0.604. The number of carbonyl (C=O) groups is 1. The first-order valence-electron chi connectivity index (χ1n) is 8.37. The van der Waals surface area contributed by atoms with E-state index in [-0.39, 0.29) is 12.5 Å². The van der Waals surface area contributed by atoms with Crippen LogP contribution in [-0.4, -0.2) is 19.1 Å². The molecule has 128 valence electrons. The van der Waals surface area contributed by atoms with Crippen LogP contribution in [0.1, 0.15) is 36.6 Å². The molecule has 0 heterocycles. The Morgan fingerprint density at radius 3 is 2.50 bits per heavy atom. The summed E-state index contributed by atoms with van der Waals surface area (Å²) in [5, 5.41) is 6.24. The average Bonchev–Trinajstić information content (AvgIpc) is 2.59. The number of ether oxygens (including phenoxy) is 1. The fourth-order valence-electron chi connectivity index (χ4n) is 2.55. The van der Waals surface area contributed by atoms with Crippen molar-refractivity contribution in [1.29, 1.82) is 0 Å². The zero-order chi connectivity index (χ0) is 17.4. The molecule has 4 heteroatoms. The van der Waals surface area contributed by atoms with Gasteiger partial charge in [-0.2, -0.15) is 0 Å². The van der Waals surface area contributed by atoms with Crippen LogP contribution in [0.25, 0.3) is 0 Å². The summed E-state index contributed by atoms with van der Waals surface area (Å²) in [6, 6.07) is 16.5. The van der Waals surface area contributed by atoms with Crippen molar-refractivity contribution in [1.82, 2.24) is 10.6 Å². The number of hydrogen-bond acceptors (Lipinski definition) is 3. The van der Waals surface area contributed by atoms with Crippen molar-refractivity contribution in [2.75, 3.05) is 13.2 Å². The van der Waals surface area contributed by atoms with Crippen molar-refractivity contribution in [3.05, 3.63) is 65.2 Å². The van der Waals surface area contributed by atoms with Gasteiger partial charge >= 0.3 is 0 Å². The summed E-state index contributed by atoms with van der Waals surface area (Å²) in [6.07, 6.45) is 0. The molecule has 1 amide bonds. The molecule has 0 saturated carbocycles. The lowest BCUT2D eigenvalue weighted by molar-refractivity contribution is -0.122. The predicted molar refractivity (Wildman–Crippen MR) is 97.1 cm³/mol. The van der Waals surface area contributed by atoms with E-state index in [2.05, 4.69) is 48.7 Å². The highest BCUT2D eigenvalue weighted by Gasteiger charge is 2.07. The van der Waals surface area contributed by atoms with Gasteiger partial charge in [0.1, 0.15) is 5.75 Å². The van der Waals surface area contributed by atoms with Crippen LogP contribution in [-0.2, 0) is 11.3 Å². The Morgan fingerprint density at radius 1 is 1.12 bits per heavy atom. The number of aryl methyl sites for hydroxylation is 1. The number of rotatable bonds is 8. The van der Waals surface area contributed by atoms with E-state index in [0.29, 0.717) is 18.3 Å². The fraction of sp³-hybridized carbons (Fsp3) is 0.350. The summed E-state index contributed by atoms with van der Waals surface area (Å²) in [5.41, 5.74) is 3.80. The van der Waals surface area contributed by atoms with Crippen molar-refractivity contribution < 1.29 is 9.53 Å². The first-order chi connectivity index (χ1) is 11.6. The highest BCUT2D eigenvalue weighted by atomic mass is 16.5. The molecule has 0 unspecified atom stereocenters. The fourth-order valence-corrected chi connectivity index (χ4v) is 2.55. The lowest BCUT2D eigenvalue weighted by Crippen LogP contribution is -2.28. The summed E-state index contributed by atoms with van der Waals surface area (Å²) < 4.78 is 5.45. The normalized spacial score (nSPS) is 11.8. The summed E-state index contributed by atoms with van der Waals surface area (Å²) in [7, 11) is 0. The van der Waals surface area contributed by atoms with Crippen LogP contribution in [0, 0.1) is 6.92 Å². The molecule has 1 atom stereocenters. The van der Waals surface area contributed by atoms with E-state index in [1.54, 1.807) is 0 Å². The molecule has 0 radical (unpaired) electrons. The van der Waals surface area contributed by atoms with Gasteiger partial charge in [-0.05, 0) is 49.6 Å². The van der Waals surface area contributed by atoms with Crippen molar-refractivity contribution in [2.24, 2.45) is 0 Å². The molecule has 0 saturated heterocycles. The molecular weight excluding hydrogens is 300 g/mol. The summed E-state index contributed by atoms with van der Waals surface area (Å²) in [4.78, 5) is 11.4. The Labute approximate surface area is 144 Å². The van der Waals surface area contributed by atoms with Crippen LogP contribution in [0.4, 0.5) is 0 Å². The van der Waals surface area contributed by atoms with Crippen LogP contribution in [0.3, 0.4) is 0 Å². The number of hydrogen-bond donors (Lipinski definition) is 2. The van der Waals surface area contributed by atoms with Gasteiger partial charge in [-0.15, -0.1) is 0 Å². The predicted octanol–water partition coefficient (Wildman–Crippen LogP) is 3.36. The number of carbonyl (C=O) groups excluding carboxylic acids is 1. The minimum Gasteiger partial charge on any atom is -0.484 e. The Hall–Kier alpha value is -2.33. The third-order valence-electron chi connectivity index (χ3n) is 3.93. The quantitative estimate of drug-likeness (QED) is 0.782. The first kappa shape index (κ1) is 18.0.